The normalized spacial score (nSPS) is 19.1. The molecule has 1 fully saturated rings. The molecule has 1 heterocycles. The SMILES string of the molecule is COC(=O)CCC(O)=C1C(=O)C[C@@H](c2ccccc2)CC1=NCCc1nc2ccccc2[nH]1. The van der Waals surface area contributed by atoms with Crippen molar-refractivity contribution >= 4 is 28.5 Å². The summed E-state index contributed by atoms with van der Waals surface area (Å²) in [5.74, 6) is 0.138. The number of ketones is 1. The Morgan fingerprint density at radius 1 is 1.12 bits per heavy atom. The molecule has 2 aromatic carbocycles. The van der Waals surface area contributed by atoms with Gasteiger partial charge in [0.25, 0.3) is 0 Å². The molecule has 7 heteroatoms. The lowest BCUT2D eigenvalue weighted by atomic mass is 9.78. The van der Waals surface area contributed by atoms with Crippen molar-refractivity contribution in [3.63, 3.8) is 0 Å². The number of benzene rings is 2. The Kier molecular flexibility index (Phi) is 6.98. The second-order valence-electron chi connectivity index (χ2n) is 8.12. The smallest absolute Gasteiger partial charge is 0.305 e. The van der Waals surface area contributed by atoms with Gasteiger partial charge in [0.15, 0.2) is 5.78 Å². The van der Waals surface area contributed by atoms with Crippen molar-refractivity contribution in [2.75, 3.05) is 13.7 Å². The molecule has 33 heavy (non-hydrogen) atoms. The molecule has 170 valence electrons. The molecule has 0 amide bonds. The molecule has 1 aliphatic carbocycles. The van der Waals surface area contributed by atoms with Crippen LogP contribution in [0.3, 0.4) is 0 Å². The van der Waals surface area contributed by atoms with E-state index in [-0.39, 0.29) is 35.9 Å². The summed E-state index contributed by atoms with van der Waals surface area (Å²) in [5.41, 5.74) is 3.77. The molecule has 0 unspecified atom stereocenters. The number of nitrogens with zero attached hydrogens (tertiary/aromatic N) is 2. The highest BCUT2D eigenvalue weighted by atomic mass is 16.5. The maximum atomic E-state index is 13.1. The Morgan fingerprint density at radius 2 is 1.88 bits per heavy atom. The van der Waals surface area contributed by atoms with E-state index in [9.17, 15) is 14.7 Å². The number of aliphatic imine (C=N–C) groups is 1. The van der Waals surface area contributed by atoms with E-state index in [1.807, 2.05) is 54.6 Å². The topological polar surface area (TPSA) is 105 Å². The molecule has 0 bridgehead atoms. The number of carbonyl (C=O) groups excluding carboxylic acids is 2. The lowest BCUT2D eigenvalue weighted by Crippen LogP contribution is -2.27. The Labute approximate surface area is 192 Å². The first kappa shape index (κ1) is 22.5. The van der Waals surface area contributed by atoms with Crippen molar-refractivity contribution in [1.82, 2.24) is 9.97 Å². The van der Waals surface area contributed by atoms with Crippen LogP contribution in [0.4, 0.5) is 0 Å². The Bertz CT molecular complexity index is 1180. The van der Waals surface area contributed by atoms with Crippen LogP contribution in [-0.4, -0.2) is 46.2 Å². The number of rotatable bonds is 7. The van der Waals surface area contributed by atoms with Crippen LogP contribution in [0.15, 0.2) is 70.9 Å². The van der Waals surface area contributed by atoms with Crippen LogP contribution in [0.2, 0.25) is 0 Å². The van der Waals surface area contributed by atoms with Crippen LogP contribution >= 0.6 is 0 Å². The monoisotopic (exact) mass is 445 g/mol. The van der Waals surface area contributed by atoms with Gasteiger partial charge in [-0.2, -0.15) is 0 Å². The number of methoxy groups -OCH3 is 1. The predicted octanol–water partition coefficient (Wildman–Crippen LogP) is 4.46. The molecule has 3 aromatic rings. The first-order valence-electron chi connectivity index (χ1n) is 11.1. The average molecular weight is 446 g/mol. The number of hydrogen-bond acceptors (Lipinski definition) is 6. The number of imidazole rings is 1. The van der Waals surface area contributed by atoms with Crippen molar-refractivity contribution < 1.29 is 19.4 Å². The van der Waals surface area contributed by atoms with Crippen molar-refractivity contribution in [3.05, 3.63) is 77.3 Å². The van der Waals surface area contributed by atoms with Crippen molar-refractivity contribution in [3.8, 4) is 0 Å². The predicted molar refractivity (Wildman–Crippen MR) is 126 cm³/mol. The minimum absolute atomic E-state index is 0.000748. The number of esters is 1. The van der Waals surface area contributed by atoms with Gasteiger partial charge in [-0.3, -0.25) is 14.6 Å². The summed E-state index contributed by atoms with van der Waals surface area (Å²) >= 11 is 0. The minimum atomic E-state index is -0.434. The van der Waals surface area contributed by atoms with Gasteiger partial charge in [0.2, 0.25) is 0 Å². The molecule has 4 rings (SSSR count). The molecule has 1 atom stereocenters. The maximum absolute atomic E-state index is 13.1. The van der Waals surface area contributed by atoms with Crippen LogP contribution in [-0.2, 0) is 20.7 Å². The highest BCUT2D eigenvalue weighted by Gasteiger charge is 2.32. The van der Waals surface area contributed by atoms with Crippen LogP contribution in [0.1, 0.15) is 43.0 Å². The minimum Gasteiger partial charge on any atom is -0.511 e. The van der Waals surface area contributed by atoms with E-state index in [1.165, 1.54) is 7.11 Å². The number of aliphatic hydroxyl groups is 1. The number of hydrogen-bond donors (Lipinski definition) is 2. The lowest BCUT2D eigenvalue weighted by molar-refractivity contribution is -0.140. The third kappa shape index (κ3) is 5.37. The quantitative estimate of drug-likeness (QED) is 0.317. The fraction of sp³-hybridized carbons (Fsp3) is 0.308. The average Bonchev–Trinajstić information content (AvgIpc) is 3.25. The molecule has 2 N–H and O–H groups in total. The molecular formula is C26H27N3O4. The maximum Gasteiger partial charge on any atom is 0.305 e. The van der Waals surface area contributed by atoms with Crippen molar-refractivity contribution in [2.45, 2.75) is 38.0 Å². The van der Waals surface area contributed by atoms with E-state index >= 15 is 0 Å². The van der Waals surface area contributed by atoms with Gasteiger partial charge in [-0.25, -0.2) is 4.98 Å². The number of aliphatic hydroxyl groups excluding tert-OH is 1. The van der Waals surface area contributed by atoms with Gasteiger partial charge < -0.3 is 14.8 Å². The van der Waals surface area contributed by atoms with Crippen LogP contribution in [0.5, 0.6) is 0 Å². The molecule has 1 aliphatic rings. The fourth-order valence-corrected chi connectivity index (χ4v) is 4.19. The summed E-state index contributed by atoms with van der Waals surface area (Å²) in [4.78, 5) is 37.2. The zero-order chi connectivity index (χ0) is 23.2. The third-order valence-electron chi connectivity index (χ3n) is 5.88. The number of para-hydroxylation sites is 2. The zero-order valence-corrected chi connectivity index (χ0v) is 18.6. The van der Waals surface area contributed by atoms with Gasteiger partial charge in [-0.15, -0.1) is 0 Å². The number of ether oxygens (including phenoxy) is 1. The third-order valence-corrected chi connectivity index (χ3v) is 5.88. The second-order valence-corrected chi connectivity index (χ2v) is 8.12. The number of aromatic nitrogens is 2. The largest absolute Gasteiger partial charge is 0.511 e. The summed E-state index contributed by atoms with van der Waals surface area (Å²) in [6.45, 7) is 0.428. The fourth-order valence-electron chi connectivity index (χ4n) is 4.19. The van der Waals surface area contributed by atoms with Gasteiger partial charge in [0, 0.05) is 31.5 Å². The Hall–Kier alpha value is -3.74. The molecule has 0 radical (unpaired) electrons. The van der Waals surface area contributed by atoms with Gasteiger partial charge in [0.1, 0.15) is 11.6 Å². The molecule has 0 saturated heterocycles. The Morgan fingerprint density at radius 3 is 2.64 bits per heavy atom. The standard InChI is InChI=1S/C26H27N3O4/c1-33-25(32)12-11-22(30)26-21(15-18(16-23(26)31)17-7-3-2-4-8-17)27-14-13-24-28-19-9-5-6-10-20(19)29-24/h2-10,18,30H,11-16H2,1H3,(H,28,29)/t18-/m0/s1. The molecule has 0 aliphatic heterocycles. The first-order valence-corrected chi connectivity index (χ1v) is 11.1. The summed E-state index contributed by atoms with van der Waals surface area (Å²) in [6.07, 6.45) is 1.48. The molecule has 0 spiro atoms. The van der Waals surface area contributed by atoms with Crippen LogP contribution in [0.25, 0.3) is 11.0 Å². The number of H-pyrrole nitrogens is 1. The van der Waals surface area contributed by atoms with Crippen LogP contribution < -0.4 is 0 Å². The van der Waals surface area contributed by atoms with E-state index in [2.05, 4.69) is 14.7 Å². The number of carbonyl (C=O) groups is 2. The summed E-state index contributed by atoms with van der Waals surface area (Å²) in [7, 11) is 1.30. The number of allylic oxidation sites excluding steroid dienone is 2. The lowest BCUT2D eigenvalue weighted by Gasteiger charge is -2.26. The van der Waals surface area contributed by atoms with Gasteiger partial charge in [-0.05, 0) is 30.0 Å². The molecule has 7 nitrogen and oxygen atoms in total. The molecule has 1 saturated carbocycles. The van der Waals surface area contributed by atoms with E-state index in [0.717, 1.165) is 22.4 Å². The van der Waals surface area contributed by atoms with Crippen molar-refractivity contribution in [2.24, 2.45) is 4.99 Å². The first-order chi connectivity index (χ1) is 16.0. The summed E-state index contributed by atoms with van der Waals surface area (Å²) in [5, 5.41) is 10.7. The molecular weight excluding hydrogens is 418 g/mol. The summed E-state index contributed by atoms with van der Waals surface area (Å²) < 4.78 is 4.66. The molecule has 1 aromatic heterocycles. The van der Waals surface area contributed by atoms with E-state index in [1.54, 1.807) is 0 Å². The highest BCUT2D eigenvalue weighted by molar-refractivity contribution is 6.24. The number of fused-ring (bicyclic) bond motifs is 1. The Balaban J connectivity index is 1.57. The summed E-state index contributed by atoms with van der Waals surface area (Å²) in [6, 6.07) is 17.7. The van der Waals surface area contributed by atoms with E-state index in [0.29, 0.717) is 31.5 Å². The van der Waals surface area contributed by atoms with Crippen molar-refractivity contribution in [1.29, 1.82) is 0 Å². The number of Topliss-reactive ketones (excluding diaryl/α,β-unsaturated/α-hetero) is 1. The van der Waals surface area contributed by atoms with Gasteiger partial charge in [0.05, 0.1) is 30.1 Å². The van der Waals surface area contributed by atoms with Gasteiger partial charge >= 0.3 is 5.97 Å². The second kappa shape index (κ2) is 10.3. The van der Waals surface area contributed by atoms with E-state index in [4.69, 9.17) is 4.99 Å². The number of nitrogens with one attached hydrogen (secondary N) is 1. The zero-order valence-electron chi connectivity index (χ0n) is 18.6. The van der Waals surface area contributed by atoms with E-state index < -0.39 is 5.97 Å². The van der Waals surface area contributed by atoms with Crippen LogP contribution in [0, 0.1) is 0 Å². The highest BCUT2D eigenvalue weighted by Crippen LogP contribution is 2.33. The van der Waals surface area contributed by atoms with Gasteiger partial charge in [-0.1, -0.05) is 42.5 Å². The number of aromatic amines is 1.